The van der Waals surface area contributed by atoms with E-state index in [0.29, 0.717) is 11.5 Å². The van der Waals surface area contributed by atoms with Crippen molar-refractivity contribution in [3.8, 4) is 11.5 Å². The lowest BCUT2D eigenvalue weighted by atomic mass is 10.0. The van der Waals surface area contributed by atoms with Crippen LogP contribution in [-0.4, -0.2) is 56.3 Å². The predicted molar refractivity (Wildman–Crippen MR) is 161 cm³/mol. The van der Waals surface area contributed by atoms with Gasteiger partial charge in [-0.15, -0.1) is 0 Å². The number of sulfonamides is 1. The van der Waals surface area contributed by atoms with Crippen molar-refractivity contribution in [1.82, 2.24) is 10.2 Å². The van der Waals surface area contributed by atoms with E-state index in [2.05, 4.69) is 21.2 Å². The summed E-state index contributed by atoms with van der Waals surface area (Å²) in [6.07, 6.45) is 0.256. The van der Waals surface area contributed by atoms with E-state index < -0.39 is 28.5 Å². The first-order valence-corrected chi connectivity index (χ1v) is 15.8. The normalized spacial score (nSPS) is 13.1. The summed E-state index contributed by atoms with van der Waals surface area (Å²) in [5.74, 6) is -0.150. The van der Waals surface area contributed by atoms with Crippen LogP contribution in [0.2, 0.25) is 0 Å². The number of nitrogens with one attached hydrogen (secondary N) is 1. The summed E-state index contributed by atoms with van der Waals surface area (Å²) in [7, 11) is -3.88. The number of hydrogen-bond acceptors (Lipinski definition) is 6. The van der Waals surface area contributed by atoms with Crippen LogP contribution < -0.4 is 19.1 Å². The van der Waals surface area contributed by atoms with Crippen LogP contribution in [0, 0.1) is 0 Å². The Balaban J connectivity index is 1.74. The maximum Gasteiger partial charge on any atom is 0.244 e. The zero-order valence-electron chi connectivity index (χ0n) is 23.2. The van der Waals surface area contributed by atoms with Gasteiger partial charge in [-0.1, -0.05) is 58.4 Å². The summed E-state index contributed by atoms with van der Waals surface area (Å²) in [6.45, 7) is 4.88. The highest BCUT2D eigenvalue weighted by atomic mass is 79.9. The van der Waals surface area contributed by atoms with E-state index in [9.17, 15) is 18.0 Å². The Morgan fingerprint density at radius 1 is 0.951 bits per heavy atom. The monoisotopic (exact) mass is 643 g/mol. The minimum Gasteiger partial charge on any atom is -0.454 e. The average Bonchev–Trinajstić information content (AvgIpc) is 3.42. The van der Waals surface area contributed by atoms with Crippen molar-refractivity contribution in [3.05, 3.63) is 88.4 Å². The van der Waals surface area contributed by atoms with Gasteiger partial charge in [-0.3, -0.25) is 13.9 Å². The maximum absolute atomic E-state index is 14.2. The molecule has 0 fully saturated rings. The Morgan fingerprint density at radius 3 is 2.29 bits per heavy atom. The van der Waals surface area contributed by atoms with Gasteiger partial charge in [0, 0.05) is 29.5 Å². The van der Waals surface area contributed by atoms with Crippen molar-refractivity contribution in [1.29, 1.82) is 0 Å². The molecule has 0 bridgehead atoms. The molecule has 0 unspecified atom stereocenters. The summed E-state index contributed by atoms with van der Waals surface area (Å²) in [5.41, 5.74) is 1.95. The van der Waals surface area contributed by atoms with Gasteiger partial charge in [0.2, 0.25) is 28.6 Å². The Kier molecular flexibility index (Phi) is 9.93. The molecule has 11 heteroatoms. The third-order valence-corrected chi connectivity index (χ3v) is 8.86. The number of hydrogen-bond donors (Lipinski definition) is 1. The molecule has 3 aromatic rings. The fraction of sp³-hybridized carbons (Fsp3) is 0.333. The van der Waals surface area contributed by atoms with E-state index >= 15 is 0 Å². The number of nitrogens with zero attached hydrogens (tertiary/aromatic N) is 2. The van der Waals surface area contributed by atoms with Crippen LogP contribution >= 0.6 is 15.9 Å². The maximum atomic E-state index is 14.2. The molecule has 0 aliphatic carbocycles. The molecule has 41 heavy (non-hydrogen) atoms. The molecule has 1 atom stereocenters. The first-order chi connectivity index (χ1) is 19.6. The van der Waals surface area contributed by atoms with E-state index in [1.165, 1.54) is 11.8 Å². The van der Waals surface area contributed by atoms with Crippen LogP contribution in [0.25, 0.3) is 0 Å². The van der Waals surface area contributed by atoms with Crippen LogP contribution in [-0.2, 0) is 32.6 Å². The van der Waals surface area contributed by atoms with Crippen molar-refractivity contribution in [3.63, 3.8) is 0 Å². The summed E-state index contributed by atoms with van der Waals surface area (Å²) in [5, 5.41) is 2.95. The zero-order chi connectivity index (χ0) is 29.6. The van der Waals surface area contributed by atoms with Crippen LogP contribution in [0.3, 0.4) is 0 Å². The summed E-state index contributed by atoms with van der Waals surface area (Å²) < 4.78 is 39.4. The number of amides is 2. The zero-order valence-corrected chi connectivity index (χ0v) is 25.7. The highest BCUT2D eigenvalue weighted by molar-refractivity contribution is 9.10. The molecule has 9 nitrogen and oxygen atoms in total. The first kappa shape index (κ1) is 30.4. The number of rotatable bonds is 12. The topological polar surface area (TPSA) is 105 Å². The molecule has 1 N–H and O–H groups in total. The third kappa shape index (κ3) is 7.80. The Labute approximate surface area is 249 Å². The largest absolute Gasteiger partial charge is 0.454 e. The lowest BCUT2D eigenvalue weighted by molar-refractivity contribution is -0.140. The number of carbonyl (C=O) groups is 2. The summed E-state index contributed by atoms with van der Waals surface area (Å²) in [6, 6.07) is 20.6. The van der Waals surface area contributed by atoms with Gasteiger partial charge in [0.25, 0.3) is 0 Å². The second kappa shape index (κ2) is 13.4. The van der Waals surface area contributed by atoms with Crippen LogP contribution in [0.4, 0.5) is 5.69 Å². The molecule has 1 heterocycles. The molecule has 3 aromatic carbocycles. The van der Waals surface area contributed by atoms with Gasteiger partial charge >= 0.3 is 0 Å². The minimum absolute atomic E-state index is 0.0331. The smallest absolute Gasteiger partial charge is 0.244 e. The second-order valence-electron chi connectivity index (χ2n) is 9.96. The van der Waals surface area contributed by atoms with E-state index in [0.717, 1.165) is 19.9 Å². The fourth-order valence-corrected chi connectivity index (χ4v) is 5.80. The van der Waals surface area contributed by atoms with Crippen molar-refractivity contribution < 1.29 is 27.5 Å². The SMILES string of the molecule is CCS(=O)(=O)N(CC(=O)N(Cc1ccc(Br)cc1)[C@H](Cc1ccccc1)C(=O)NC(C)C)c1ccc2c(c1)OCO2. The minimum atomic E-state index is -3.88. The number of benzene rings is 3. The van der Waals surface area contributed by atoms with Gasteiger partial charge in [-0.25, -0.2) is 8.42 Å². The van der Waals surface area contributed by atoms with E-state index in [1.54, 1.807) is 18.2 Å². The van der Waals surface area contributed by atoms with Gasteiger partial charge in [0.05, 0.1) is 11.4 Å². The van der Waals surface area contributed by atoms with E-state index in [1.807, 2.05) is 68.4 Å². The third-order valence-electron chi connectivity index (χ3n) is 6.59. The average molecular weight is 645 g/mol. The van der Waals surface area contributed by atoms with Crippen molar-refractivity contribution in [2.24, 2.45) is 0 Å². The Bertz CT molecular complexity index is 1470. The fourth-order valence-electron chi connectivity index (χ4n) is 4.48. The predicted octanol–water partition coefficient (Wildman–Crippen LogP) is 4.50. The molecule has 0 aromatic heterocycles. The van der Waals surface area contributed by atoms with Crippen LogP contribution in [0.5, 0.6) is 11.5 Å². The van der Waals surface area contributed by atoms with E-state index in [-0.39, 0.29) is 43.1 Å². The van der Waals surface area contributed by atoms with Crippen molar-refractivity contribution in [2.75, 3.05) is 23.4 Å². The quantitative estimate of drug-likeness (QED) is 0.312. The van der Waals surface area contributed by atoms with Gasteiger partial charge in [0.15, 0.2) is 11.5 Å². The molecule has 1 aliphatic rings. The van der Waals surface area contributed by atoms with Gasteiger partial charge in [-0.2, -0.15) is 0 Å². The molecule has 0 saturated heterocycles. The Morgan fingerprint density at radius 2 is 1.63 bits per heavy atom. The van der Waals surface area contributed by atoms with Crippen LogP contribution in [0.15, 0.2) is 77.3 Å². The highest BCUT2D eigenvalue weighted by Crippen LogP contribution is 2.36. The van der Waals surface area contributed by atoms with Gasteiger partial charge in [0.1, 0.15) is 12.6 Å². The standard InChI is InChI=1S/C30H34BrN3O6S/c1-4-41(37,38)34(25-14-15-27-28(17-25)40-20-39-27)19-29(35)33(18-23-10-12-24(31)13-11-23)26(30(36)32-21(2)3)16-22-8-6-5-7-9-22/h5-15,17,21,26H,4,16,18-20H2,1-3H3,(H,32,36)/t26-/m1/s1. The van der Waals surface area contributed by atoms with Gasteiger partial charge in [-0.05, 0) is 56.2 Å². The molecular weight excluding hydrogens is 610 g/mol. The van der Waals surface area contributed by atoms with Crippen LogP contribution in [0.1, 0.15) is 31.9 Å². The Hall–Kier alpha value is -3.57. The summed E-state index contributed by atoms with van der Waals surface area (Å²) in [4.78, 5) is 29.3. The number of anilines is 1. The molecule has 0 spiro atoms. The van der Waals surface area contributed by atoms with Gasteiger partial charge < -0.3 is 19.7 Å². The first-order valence-electron chi connectivity index (χ1n) is 13.4. The molecule has 218 valence electrons. The molecular formula is C30H34BrN3O6S. The number of carbonyl (C=O) groups excluding carboxylic acids is 2. The summed E-state index contributed by atoms with van der Waals surface area (Å²) >= 11 is 3.44. The molecule has 4 rings (SSSR count). The van der Waals surface area contributed by atoms with Crippen molar-refractivity contribution in [2.45, 2.75) is 45.8 Å². The lowest BCUT2D eigenvalue weighted by Crippen LogP contribution is -2.54. The number of halogens is 1. The molecule has 0 radical (unpaired) electrons. The second-order valence-corrected chi connectivity index (χ2v) is 13.1. The van der Waals surface area contributed by atoms with Crippen molar-refractivity contribution >= 4 is 43.5 Å². The molecule has 2 amide bonds. The molecule has 1 aliphatic heterocycles. The highest BCUT2D eigenvalue weighted by Gasteiger charge is 2.34. The number of ether oxygens (including phenoxy) is 2. The lowest BCUT2D eigenvalue weighted by Gasteiger charge is -2.34. The number of fused-ring (bicyclic) bond motifs is 1. The molecule has 0 saturated carbocycles. The van der Waals surface area contributed by atoms with E-state index in [4.69, 9.17) is 9.47 Å².